The lowest BCUT2D eigenvalue weighted by atomic mass is 10.2. The molecule has 1 aliphatic rings. The molecule has 2 heterocycles. The average Bonchev–Trinajstić information content (AvgIpc) is 2.69. The molecular formula is C10H15N3O. The molecular weight excluding hydrogens is 178 g/mol. The van der Waals surface area contributed by atoms with Crippen LogP contribution in [0.3, 0.4) is 0 Å². The van der Waals surface area contributed by atoms with E-state index < -0.39 is 0 Å². The van der Waals surface area contributed by atoms with Gasteiger partial charge in [-0.25, -0.2) is 9.97 Å². The molecule has 1 aromatic heterocycles. The smallest absolute Gasteiger partial charge is 0.157 e. The third-order valence-corrected chi connectivity index (χ3v) is 2.35. The maximum absolute atomic E-state index is 5.56. The van der Waals surface area contributed by atoms with Crippen molar-refractivity contribution in [3.8, 4) is 0 Å². The molecule has 1 unspecified atom stereocenters. The molecule has 1 atom stereocenters. The minimum atomic E-state index is 0.0835. The highest BCUT2D eigenvalue weighted by atomic mass is 16.5. The average molecular weight is 193 g/mol. The van der Waals surface area contributed by atoms with Crippen molar-refractivity contribution in [1.82, 2.24) is 9.97 Å². The summed E-state index contributed by atoms with van der Waals surface area (Å²) >= 11 is 0. The van der Waals surface area contributed by atoms with Gasteiger partial charge >= 0.3 is 0 Å². The maximum atomic E-state index is 5.56. The van der Waals surface area contributed by atoms with Gasteiger partial charge in [0.1, 0.15) is 6.10 Å². The van der Waals surface area contributed by atoms with Gasteiger partial charge in [-0.05, 0) is 25.8 Å². The predicted octanol–water partition coefficient (Wildman–Crippen LogP) is 1.10. The van der Waals surface area contributed by atoms with Gasteiger partial charge in [0.15, 0.2) is 5.82 Å². The van der Waals surface area contributed by atoms with Gasteiger partial charge in [-0.2, -0.15) is 0 Å². The van der Waals surface area contributed by atoms with Crippen LogP contribution in [0.4, 0.5) is 0 Å². The first-order valence-corrected chi connectivity index (χ1v) is 4.95. The van der Waals surface area contributed by atoms with Crippen LogP contribution in [0.2, 0.25) is 0 Å². The van der Waals surface area contributed by atoms with Crippen molar-refractivity contribution in [2.24, 2.45) is 5.73 Å². The Morgan fingerprint density at radius 3 is 3.07 bits per heavy atom. The van der Waals surface area contributed by atoms with Crippen molar-refractivity contribution < 1.29 is 4.74 Å². The van der Waals surface area contributed by atoms with Gasteiger partial charge in [0, 0.05) is 18.8 Å². The molecule has 2 N–H and O–H groups in total. The topological polar surface area (TPSA) is 61.0 Å². The Morgan fingerprint density at radius 1 is 1.57 bits per heavy atom. The summed E-state index contributed by atoms with van der Waals surface area (Å²) in [7, 11) is 0. The van der Waals surface area contributed by atoms with E-state index >= 15 is 0 Å². The predicted molar refractivity (Wildman–Crippen MR) is 52.6 cm³/mol. The first-order chi connectivity index (χ1) is 6.79. The Balaban J connectivity index is 2.27. The summed E-state index contributed by atoms with van der Waals surface area (Å²) in [5.74, 6) is 0.794. The van der Waals surface area contributed by atoms with Gasteiger partial charge in [0.2, 0.25) is 0 Å². The van der Waals surface area contributed by atoms with Gasteiger partial charge in [-0.1, -0.05) is 0 Å². The molecule has 14 heavy (non-hydrogen) atoms. The summed E-state index contributed by atoms with van der Waals surface area (Å²) in [6.07, 6.45) is 2.20. The normalized spacial score (nSPS) is 21.4. The molecule has 0 radical (unpaired) electrons. The van der Waals surface area contributed by atoms with E-state index in [1.54, 1.807) is 0 Å². The van der Waals surface area contributed by atoms with Crippen molar-refractivity contribution in [1.29, 1.82) is 0 Å². The Labute approximate surface area is 83.5 Å². The van der Waals surface area contributed by atoms with Crippen LogP contribution in [0.25, 0.3) is 0 Å². The second-order valence-electron chi connectivity index (χ2n) is 3.56. The molecule has 0 aliphatic carbocycles. The van der Waals surface area contributed by atoms with Gasteiger partial charge in [0.05, 0.1) is 5.69 Å². The molecule has 1 saturated heterocycles. The van der Waals surface area contributed by atoms with Crippen molar-refractivity contribution in [3.05, 3.63) is 23.3 Å². The number of aromatic nitrogens is 2. The van der Waals surface area contributed by atoms with Crippen LogP contribution in [0.5, 0.6) is 0 Å². The first-order valence-electron chi connectivity index (χ1n) is 4.95. The zero-order valence-electron chi connectivity index (χ0n) is 8.36. The number of ether oxygens (including phenoxy) is 1. The molecule has 0 bridgehead atoms. The molecule has 2 rings (SSSR count). The molecule has 4 heteroatoms. The molecule has 4 nitrogen and oxygen atoms in total. The van der Waals surface area contributed by atoms with Gasteiger partial charge in [-0.3, -0.25) is 0 Å². The van der Waals surface area contributed by atoms with E-state index in [-0.39, 0.29) is 6.10 Å². The molecule has 1 aromatic rings. The van der Waals surface area contributed by atoms with Crippen LogP contribution >= 0.6 is 0 Å². The lowest BCUT2D eigenvalue weighted by molar-refractivity contribution is 0.104. The number of hydrogen-bond acceptors (Lipinski definition) is 4. The molecule has 1 fully saturated rings. The van der Waals surface area contributed by atoms with E-state index in [4.69, 9.17) is 10.5 Å². The molecule has 76 valence electrons. The van der Waals surface area contributed by atoms with Crippen molar-refractivity contribution in [2.45, 2.75) is 32.4 Å². The third-order valence-electron chi connectivity index (χ3n) is 2.35. The van der Waals surface area contributed by atoms with E-state index in [0.717, 1.165) is 36.7 Å². The van der Waals surface area contributed by atoms with Crippen molar-refractivity contribution >= 4 is 0 Å². The zero-order chi connectivity index (χ0) is 9.97. The Morgan fingerprint density at radius 2 is 2.43 bits per heavy atom. The van der Waals surface area contributed by atoms with Crippen LogP contribution < -0.4 is 5.73 Å². The summed E-state index contributed by atoms with van der Waals surface area (Å²) in [5, 5.41) is 0. The highest BCUT2D eigenvalue weighted by molar-refractivity contribution is 5.11. The van der Waals surface area contributed by atoms with E-state index in [0.29, 0.717) is 6.54 Å². The molecule has 0 saturated carbocycles. The minimum Gasteiger partial charge on any atom is -0.370 e. The molecule has 0 spiro atoms. The third kappa shape index (κ3) is 1.91. The zero-order valence-corrected chi connectivity index (χ0v) is 8.36. The number of rotatable bonds is 2. The maximum Gasteiger partial charge on any atom is 0.157 e. The minimum absolute atomic E-state index is 0.0835. The van der Waals surface area contributed by atoms with Gasteiger partial charge in [-0.15, -0.1) is 0 Å². The summed E-state index contributed by atoms with van der Waals surface area (Å²) in [6, 6.07) is 1.92. The molecule has 0 aromatic carbocycles. The fraction of sp³-hybridized carbons (Fsp3) is 0.600. The fourth-order valence-corrected chi connectivity index (χ4v) is 1.69. The number of hydrogen-bond donors (Lipinski definition) is 1. The lowest BCUT2D eigenvalue weighted by Crippen LogP contribution is -2.09. The Hall–Kier alpha value is -1.00. The van der Waals surface area contributed by atoms with E-state index in [1.807, 2.05) is 13.0 Å². The summed E-state index contributed by atoms with van der Waals surface area (Å²) < 4.78 is 5.53. The lowest BCUT2D eigenvalue weighted by Gasteiger charge is -2.09. The Bertz CT molecular complexity index is 321. The summed E-state index contributed by atoms with van der Waals surface area (Å²) in [6.45, 7) is 3.24. The standard InChI is InChI=1S/C10H15N3O/c1-7-5-8(6-11)13-10(12-7)9-3-2-4-14-9/h5,9H,2-4,6,11H2,1H3. The van der Waals surface area contributed by atoms with Crippen LogP contribution in [-0.2, 0) is 11.3 Å². The molecule has 0 amide bonds. The Kier molecular flexibility index (Phi) is 2.74. The van der Waals surface area contributed by atoms with E-state index in [1.165, 1.54) is 0 Å². The highest BCUT2D eigenvalue weighted by Gasteiger charge is 2.20. The van der Waals surface area contributed by atoms with Gasteiger partial charge in [0.25, 0.3) is 0 Å². The summed E-state index contributed by atoms with van der Waals surface area (Å²) in [4.78, 5) is 8.75. The van der Waals surface area contributed by atoms with Crippen molar-refractivity contribution in [3.63, 3.8) is 0 Å². The van der Waals surface area contributed by atoms with E-state index in [9.17, 15) is 0 Å². The summed E-state index contributed by atoms with van der Waals surface area (Å²) in [5.41, 5.74) is 7.41. The first kappa shape index (κ1) is 9.55. The van der Waals surface area contributed by atoms with Gasteiger partial charge < -0.3 is 10.5 Å². The monoisotopic (exact) mass is 193 g/mol. The number of aryl methyl sites for hydroxylation is 1. The highest BCUT2D eigenvalue weighted by Crippen LogP contribution is 2.25. The van der Waals surface area contributed by atoms with Crippen LogP contribution in [0.15, 0.2) is 6.07 Å². The fourth-order valence-electron chi connectivity index (χ4n) is 1.69. The molecule has 1 aliphatic heterocycles. The number of nitrogens with zero attached hydrogens (tertiary/aromatic N) is 2. The van der Waals surface area contributed by atoms with Crippen LogP contribution in [-0.4, -0.2) is 16.6 Å². The second-order valence-corrected chi connectivity index (χ2v) is 3.56. The quantitative estimate of drug-likeness (QED) is 0.764. The van der Waals surface area contributed by atoms with Crippen LogP contribution in [0, 0.1) is 6.92 Å². The largest absolute Gasteiger partial charge is 0.370 e. The van der Waals surface area contributed by atoms with E-state index in [2.05, 4.69) is 9.97 Å². The van der Waals surface area contributed by atoms with Crippen molar-refractivity contribution in [2.75, 3.05) is 6.61 Å². The number of nitrogens with two attached hydrogens (primary N) is 1. The second kappa shape index (κ2) is 4.02. The SMILES string of the molecule is Cc1cc(CN)nc(C2CCCO2)n1. The van der Waals surface area contributed by atoms with Crippen LogP contribution in [0.1, 0.15) is 36.2 Å².